The summed E-state index contributed by atoms with van der Waals surface area (Å²) in [4.78, 5) is 12.6. The van der Waals surface area contributed by atoms with Crippen LogP contribution in [0.4, 0.5) is 24.5 Å². The Morgan fingerprint density at radius 3 is 2.59 bits per heavy atom. The van der Waals surface area contributed by atoms with Crippen molar-refractivity contribution in [2.24, 2.45) is 15.1 Å². The molecule has 7 nitrogen and oxygen atoms in total. The van der Waals surface area contributed by atoms with Crippen molar-refractivity contribution in [1.82, 2.24) is 9.58 Å². The number of ether oxygens (including phenoxy) is 1. The third kappa shape index (κ3) is 3.42. The minimum Gasteiger partial charge on any atom is -0.406 e. The van der Waals surface area contributed by atoms with Crippen LogP contribution in [-0.4, -0.2) is 29.4 Å². The molecule has 3 heterocycles. The van der Waals surface area contributed by atoms with Gasteiger partial charge in [-0.3, -0.25) is 9.98 Å². The third-order valence-electron chi connectivity index (χ3n) is 3.76. The summed E-state index contributed by atoms with van der Waals surface area (Å²) in [7, 11) is 0. The van der Waals surface area contributed by atoms with Crippen molar-refractivity contribution in [2.45, 2.75) is 6.36 Å². The van der Waals surface area contributed by atoms with Gasteiger partial charge < -0.3 is 10.1 Å². The highest BCUT2D eigenvalue weighted by Crippen LogP contribution is 2.30. The molecule has 2 aliphatic rings. The number of nitrogens with one attached hydrogen (secondary N) is 1. The van der Waals surface area contributed by atoms with Crippen molar-refractivity contribution in [3.05, 3.63) is 61.2 Å². The van der Waals surface area contributed by atoms with E-state index in [2.05, 4.69) is 30.1 Å². The standard InChI is InChI=1S/C17H12F3N6O/c18-17(19,20)27-14-5-3-12(4-6-14)23-16-24-15-11-22-8-9-26(15,25-16)13-2-1-7-21-10-13/h1-11H,(H,23,25)/q+1. The van der Waals surface area contributed by atoms with Gasteiger partial charge in [-0.25, -0.2) is 0 Å². The highest BCUT2D eigenvalue weighted by Gasteiger charge is 2.42. The first-order valence-corrected chi connectivity index (χ1v) is 7.77. The second-order valence-electron chi connectivity index (χ2n) is 5.56. The Hall–Kier alpha value is -3.53. The molecule has 1 atom stereocenters. The van der Waals surface area contributed by atoms with Crippen LogP contribution < -0.4 is 14.6 Å². The predicted octanol–water partition coefficient (Wildman–Crippen LogP) is 3.64. The second kappa shape index (κ2) is 6.32. The molecule has 0 aliphatic carbocycles. The number of hydrogen-bond acceptors (Lipinski definition) is 6. The van der Waals surface area contributed by atoms with Crippen LogP contribution in [-0.2, 0) is 0 Å². The van der Waals surface area contributed by atoms with E-state index in [9.17, 15) is 13.2 Å². The topological polar surface area (TPSA) is 71.2 Å². The number of guanidine groups is 1. The van der Waals surface area contributed by atoms with Crippen LogP contribution in [0.25, 0.3) is 0 Å². The molecule has 0 saturated carbocycles. The highest BCUT2D eigenvalue weighted by atomic mass is 19.4. The van der Waals surface area contributed by atoms with E-state index < -0.39 is 6.36 Å². The average molecular weight is 373 g/mol. The van der Waals surface area contributed by atoms with Crippen LogP contribution in [0.2, 0.25) is 0 Å². The number of pyridine rings is 1. The summed E-state index contributed by atoms with van der Waals surface area (Å²) >= 11 is 0. The largest absolute Gasteiger partial charge is 0.573 e. The Balaban J connectivity index is 1.59. The van der Waals surface area contributed by atoms with Gasteiger partial charge in [0.15, 0.2) is 11.9 Å². The lowest BCUT2D eigenvalue weighted by Crippen LogP contribution is -2.44. The van der Waals surface area contributed by atoms with E-state index in [1.54, 1.807) is 37.1 Å². The van der Waals surface area contributed by atoms with E-state index in [-0.39, 0.29) is 16.3 Å². The lowest BCUT2D eigenvalue weighted by molar-refractivity contribution is -0.274. The lowest BCUT2D eigenvalue weighted by Gasteiger charge is -2.23. The van der Waals surface area contributed by atoms with Crippen LogP contribution in [0.1, 0.15) is 0 Å². The second-order valence-corrected chi connectivity index (χ2v) is 5.56. The first-order valence-electron chi connectivity index (χ1n) is 7.77. The summed E-state index contributed by atoms with van der Waals surface area (Å²) in [5.41, 5.74) is 1.28. The van der Waals surface area contributed by atoms with Gasteiger partial charge in [0.2, 0.25) is 0 Å². The number of alkyl halides is 3. The van der Waals surface area contributed by atoms with Crippen molar-refractivity contribution < 1.29 is 17.9 Å². The molecule has 136 valence electrons. The molecule has 1 aromatic heterocycles. The van der Waals surface area contributed by atoms with Gasteiger partial charge in [-0.1, -0.05) is 4.59 Å². The van der Waals surface area contributed by atoms with Gasteiger partial charge in [0.1, 0.15) is 12.0 Å². The van der Waals surface area contributed by atoms with E-state index in [1.165, 1.54) is 24.3 Å². The molecule has 2 aliphatic heterocycles. The SMILES string of the molecule is FC(F)(F)Oc1ccc(NC2=N[N+]3(c4cccnc4)C=CN=CC3=N2)cc1. The van der Waals surface area contributed by atoms with Gasteiger partial charge in [0, 0.05) is 18.0 Å². The quantitative estimate of drug-likeness (QED) is 0.835. The third-order valence-corrected chi connectivity index (χ3v) is 3.76. The lowest BCUT2D eigenvalue weighted by atomic mass is 10.3. The van der Waals surface area contributed by atoms with Gasteiger partial charge in [-0.2, -0.15) is 4.99 Å². The van der Waals surface area contributed by atoms with E-state index in [0.717, 1.165) is 5.69 Å². The van der Waals surface area contributed by atoms with Crippen molar-refractivity contribution in [2.75, 3.05) is 5.32 Å². The van der Waals surface area contributed by atoms with E-state index in [0.29, 0.717) is 11.5 Å². The highest BCUT2D eigenvalue weighted by molar-refractivity contribution is 6.38. The Bertz CT molecular complexity index is 966. The molecular weight excluding hydrogens is 361 g/mol. The molecule has 1 aromatic carbocycles. The van der Waals surface area contributed by atoms with Crippen molar-refractivity contribution >= 4 is 29.4 Å². The number of amidine groups is 1. The molecule has 27 heavy (non-hydrogen) atoms. The maximum atomic E-state index is 12.2. The fourth-order valence-corrected chi connectivity index (χ4v) is 2.63. The van der Waals surface area contributed by atoms with Crippen molar-refractivity contribution in [3.63, 3.8) is 0 Å². The molecule has 1 unspecified atom stereocenters. The molecular formula is C17H12F3N6O+. The summed E-state index contributed by atoms with van der Waals surface area (Å²) in [6, 6.07) is 8.96. The molecule has 4 rings (SSSR count). The number of quaternary nitrogens is 1. The summed E-state index contributed by atoms with van der Waals surface area (Å²) in [5, 5.41) is 7.57. The minimum absolute atomic E-state index is 0.0328. The molecule has 2 aromatic rings. The predicted molar refractivity (Wildman–Crippen MR) is 95.3 cm³/mol. The van der Waals surface area contributed by atoms with Crippen LogP contribution in [0.3, 0.4) is 0 Å². The van der Waals surface area contributed by atoms with E-state index in [4.69, 9.17) is 0 Å². The number of rotatable bonds is 3. The van der Waals surface area contributed by atoms with Gasteiger partial charge in [-0.15, -0.1) is 13.2 Å². The number of aromatic nitrogens is 1. The Kier molecular flexibility index (Phi) is 3.96. The molecule has 10 heteroatoms. The molecule has 0 amide bonds. The van der Waals surface area contributed by atoms with Crippen LogP contribution >= 0.6 is 0 Å². The normalized spacial score (nSPS) is 20.7. The van der Waals surface area contributed by atoms with Gasteiger partial charge in [0.25, 0.3) is 11.8 Å². The zero-order valence-corrected chi connectivity index (χ0v) is 13.6. The number of aliphatic imine (C=N–C) groups is 2. The Labute approximate surface area is 151 Å². The Morgan fingerprint density at radius 1 is 1.07 bits per heavy atom. The van der Waals surface area contributed by atoms with Gasteiger partial charge >= 0.3 is 6.36 Å². The van der Waals surface area contributed by atoms with Crippen molar-refractivity contribution in [3.8, 4) is 5.75 Å². The van der Waals surface area contributed by atoms with Crippen LogP contribution in [0, 0.1) is 0 Å². The van der Waals surface area contributed by atoms with Gasteiger partial charge in [0.05, 0.1) is 12.4 Å². The molecule has 0 radical (unpaired) electrons. The number of halogens is 3. The maximum Gasteiger partial charge on any atom is 0.573 e. The smallest absolute Gasteiger partial charge is 0.406 e. The van der Waals surface area contributed by atoms with Crippen LogP contribution in [0.5, 0.6) is 5.75 Å². The fourth-order valence-electron chi connectivity index (χ4n) is 2.63. The van der Waals surface area contributed by atoms with E-state index in [1.807, 2.05) is 6.07 Å². The maximum absolute atomic E-state index is 12.2. The van der Waals surface area contributed by atoms with Gasteiger partial charge in [-0.05, 0) is 35.4 Å². The summed E-state index contributed by atoms with van der Waals surface area (Å²) in [6.45, 7) is 0. The monoisotopic (exact) mass is 373 g/mol. The first-order chi connectivity index (χ1) is 12.9. The van der Waals surface area contributed by atoms with Crippen molar-refractivity contribution in [1.29, 1.82) is 0 Å². The average Bonchev–Trinajstić information content (AvgIpc) is 3.02. The minimum atomic E-state index is -4.73. The Morgan fingerprint density at radius 2 is 1.89 bits per heavy atom. The van der Waals surface area contributed by atoms with Crippen LogP contribution in [0.15, 0.2) is 76.3 Å². The first kappa shape index (κ1) is 16.9. The molecule has 0 bridgehead atoms. The fraction of sp³-hybridized carbons (Fsp3) is 0.0588. The number of nitrogens with zero attached hydrogens (tertiary/aromatic N) is 5. The zero-order chi connectivity index (χ0) is 18.9. The van der Waals surface area contributed by atoms with E-state index >= 15 is 0 Å². The molecule has 1 N–H and O–H groups in total. The molecule has 0 spiro atoms. The number of hydrogen-bond donors (Lipinski definition) is 1. The number of anilines is 1. The molecule has 0 saturated heterocycles. The number of fused-ring (bicyclic) bond motifs is 1. The zero-order valence-electron chi connectivity index (χ0n) is 13.6. The molecule has 0 fully saturated rings. The summed E-state index contributed by atoms with van der Waals surface area (Å²) < 4.78 is 40.5. The number of benzene rings is 1. The summed E-state index contributed by atoms with van der Waals surface area (Å²) in [6.07, 6.45) is 3.56. The summed E-state index contributed by atoms with van der Waals surface area (Å²) in [5.74, 6) is 0.542.